The van der Waals surface area contributed by atoms with Gasteiger partial charge in [0.15, 0.2) is 0 Å². The summed E-state index contributed by atoms with van der Waals surface area (Å²) in [6.07, 6.45) is -4.27. The van der Waals surface area contributed by atoms with Gasteiger partial charge in [0, 0.05) is 12.6 Å². The number of hydrogen-bond acceptors (Lipinski definition) is 3. The van der Waals surface area contributed by atoms with E-state index in [0.29, 0.717) is 25.6 Å². The Bertz CT molecular complexity index is 598. The van der Waals surface area contributed by atoms with E-state index in [2.05, 4.69) is 10.0 Å². The monoisotopic (exact) mass is 328 g/mol. The highest BCUT2D eigenvalue weighted by Crippen LogP contribution is 2.37. The largest absolute Gasteiger partial charge is 0.417 e. The van der Waals surface area contributed by atoms with Crippen molar-refractivity contribution in [3.63, 3.8) is 0 Å². The number of rotatable bonds is 3. The molecule has 0 saturated carbocycles. The minimum atomic E-state index is -4.79. The molecule has 112 valence electrons. The lowest BCUT2D eigenvalue weighted by Crippen LogP contribution is -2.37. The first-order valence-electron chi connectivity index (χ1n) is 5.80. The Hall–Kier alpha value is -0.830. The molecule has 1 saturated heterocycles. The fraction of sp³-hybridized carbons (Fsp3) is 0.455. The van der Waals surface area contributed by atoms with Crippen LogP contribution in [0.1, 0.15) is 12.0 Å². The molecule has 1 atom stereocenters. The highest BCUT2D eigenvalue weighted by atomic mass is 35.5. The second-order valence-corrected chi connectivity index (χ2v) is 6.48. The molecule has 1 aromatic rings. The van der Waals surface area contributed by atoms with E-state index in [-0.39, 0.29) is 0 Å². The van der Waals surface area contributed by atoms with Crippen molar-refractivity contribution < 1.29 is 21.6 Å². The van der Waals surface area contributed by atoms with Gasteiger partial charge in [0.1, 0.15) is 4.90 Å². The number of alkyl halides is 3. The van der Waals surface area contributed by atoms with Gasteiger partial charge in [0.2, 0.25) is 10.0 Å². The molecular weight excluding hydrogens is 317 g/mol. The van der Waals surface area contributed by atoms with E-state index in [4.69, 9.17) is 11.6 Å². The summed E-state index contributed by atoms with van der Waals surface area (Å²) in [6, 6.07) is 2.46. The Morgan fingerprint density at radius 1 is 1.35 bits per heavy atom. The van der Waals surface area contributed by atoms with E-state index in [1.165, 1.54) is 0 Å². The van der Waals surface area contributed by atoms with Crippen molar-refractivity contribution in [2.24, 2.45) is 0 Å². The van der Waals surface area contributed by atoms with Crippen molar-refractivity contribution in [3.05, 3.63) is 28.8 Å². The lowest BCUT2D eigenvalue weighted by molar-refractivity contribution is -0.139. The van der Waals surface area contributed by atoms with E-state index >= 15 is 0 Å². The van der Waals surface area contributed by atoms with Crippen LogP contribution in [0.5, 0.6) is 0 Å². The molecule has 0 spiro atoms. The fourth-order valence-corrected chi connectivity index (χ4v) is 4.07. The molecule has 9 heteroatoms. The van der Waals surface area contributed by atoms with Gasteiger partial charge >= 0.3 is 6.18 Å². The van der Waals surface area contributed by atoms with Gasteiger partial charge in [-0.3, -0.25) is 0 Å². The maximum absolute atomic E-state index is 12.9. The summed E-state index contributed by atoms with van der Waals surface area (Å²) in [7, 11) is -4.33. The first kappa shape index (κ1) is 15.6. The smallest absolute Gasteiger partial charge is 0.315 e. The Morgan fingerprint density at radius 3 is 2.60 bits per heavy atom. The molecule has 1 unspecified atom stereocenters. The standard InChI is InChI=1S/C11H12ClF3N2O2S/c12-9-3-1-2-8(11(13,14)15)10(9)20(18,19)17-7-4-5-16-6-7/h1-3,7,16-17H,4-6H2. The predicted octanol–water partition coefficient (Wildman–Crippen LogP) is 2.00. The predicted molar refractivity (Wildman–Crippen MR) is 68.1 cm³/mol. The average molecular weight is 329 g/mol. The second-order valence-electron chi connectivity index (χ2n) is 4.43. The second kappa shape index (κ2) is 5.51. The molecule has 0 bridgehead atoms. The van der Waals surface area contributed by atoms with Crippen LogP contribution in [0.4, 0.5) is 13.2 Å². The van der Waals surface area contributed by atoms with E-state index in [0.717, 1.165) is 12.1 Å². The summed E-state index contributed by atoms with van der Waals surface area (Å²) < 4.78 is 65.3. The minimum absolute atomic E-state index is 0.380. The first-order chi connectivity index (χ1) is 9.22. The van der Waals surface area contributed by atoms with Gasteiger partial charge < -0.3 is 5.32 Å². The van der Waals surface area contributed by atoms with Gasteiger partial charge in [0.05, 0.1) is 10.6 Å². The zero-order valence-corrected chi connectivity index (χ0v) is 11.7. The quantitative estimate of drug-likeness (QED) is 0.892. The highest BCUT2D eigenvalue weighted by Gasteiger charge is 2.39. The third kappa shape index (κ3) is 3.25. The van der Waals surface area contributed by atoms with Gasteiger partial charge in [-0.1, -0.05) is 17.7 Å². The van der Waals surface area contributed by atoms with E-state index < -0.39 is 37.7 Å². The van der Waals surface area contributed by atoms with Crippen LogP contribution < -0.4 is 10.0 Å². The molecule has 0 amide bonds. The van der Waals surface area contributed by atoms with Gasteiger partial charge in [-0.25, -0.2) is 13.1 Å². The third-order valence-electron chi connectivity index (χ3n) is 2.92. The molecule has 1 heterocycles. The zero-order chi connectivity index (χ0) is 15.0. The fourth-order valence-electron chi connectivity index (χ4n) is 2.04. The Balaban J connectivity index is 2.45. The van der Waals surface area contributed by atoms with E-state index in [1.54, 1.807) is 0 Å². The Kier molecular flexibility index (Phi) is 4.29. The third-order valence-corrected chi connectivity index (χ3v) is 4.97. The molecule has 1 aliphatic heterocycles. The SMILES string of the molecule is O=S(=O)(NC1CCNC1)c1c(Cl)cccc1C(F)(F)F. The van der Waals surface area contributed by atoms with Gasteiger partial charge in [0.25, 0.3) is 0 Å². The number of sulfonamides is 1. The molecule has 2 N–H and O–H groups in total. The van der Waals surface area contributed by atoms with Crippen LogP contribution in [0.15, 0.2) is 23.1 Å². The highest BCUT2D eigenvalue weighted by molar-refractivity contribution is 7.89. The van der Waals surface area contributed by atoms with Crippen molar-refractivity contribution in [3.8, 4) is 0 Å². The molecule has 1 fully saturated rings. The summed E-state index contributed by atoms with van der Waals surface area (Å²) in [6.45, 7) is 0.993. The molecule has 20 heavy (non-hydrogen) atoms. The van der Waals surface area contributed by atoms with Gasteiger partial charge in [-0.05, 0) is 25.1 Å². The normalized spacial score (nSPS) is 20.3. The Labute approximate surface area is 119 Å². The topological polar surface area (TPSA) is 58.2 Å². The summed E-state index contributed by atoms with van der Waals surface area (Å²) >= 11 is 5.67. The minimum Gasteiger partial charge on any atom is -0.315 e. The summed E-state index contributed by atoms with van der Waals surface area (Å²) in [5.74, 6) is 0. The van der Waals surface area contributed by atoms with Crippen molar-refractivity contribution in [1.29, 1.82) is 0 Å². The van der Waals surface area contributed by atoms with Crippen LogP contribution in [0.2, 0.25) is 5.02 Å². The Morgan fingerprint density at radius 2 is 2.05 bits per heavy atom. The molecule has 0 radical (unpaired) electrons. The van der Waals surface area contributed by atoms with Gasteiger partial charge in [-0.15, -0.1) is 0 Å². The van der Waals surface area contributed by atoms with Crippen molar-refractivity contribution in [1.82, 2.24) is 10.0 Å². The summed E-state index contributed by atoms with van der Waals surface area (Å²) in [5.41, 5.74) is -1.26. The van der Waals surface area contributed by atoms with Crippen molar-refractivity contribution in [2.75, 3.05) is 13.1 Å². The van der Waals surface area contributed by atoms with Crippen LogP contribution in [0.3, 0.4) is 0 Å². The number of hydrogen-bond donors (Lipinski definition) is 2. The molecule has 1 aromatic carbocycles. The van der Waals surface area contributed by atoms with Crippen LogP contribution in [-0.2, 0) is 16.2 Å². The summed E-state index contributed by atoms with van der Waals surface area (Å²) in [5, 5.41) is 2.48. The molecule has 0 aromatic heterocycles. The number of halogens is 4. The molecule has 2 rings (SSSR count). The number of nitrogens with one attached hydrogen (secondary N) is 2. The van der Waals surface area contributed by atoms with Gasteiger partial charge in [-0.2, -0.15) is 13.2 Å². The van der Waals surface area contributed by atoms with Crippen LogP contribution in [0, 0.1) is 0 Å². The lowest BCUT2D eigenvalue weighted by atomic mass is 10.2. The van der Waals surface area contributed by atoms with Crippen LogP contribution in [0.25, 0.3) is 0 Å². The molecular formula is C11H12ClF3N2O2S. The zero-order valence-electron chi connectivity index (χ0n) is 10.2. The summed E-state index contributed by atoms with van der Waals surface area (Å²) in [4.78, 5) is -0.916. The maximum atomic E-state index is 12.9. The van der Waals surface area contributed by atoms with Crippen LogP contribution in [-0.4, -0.2) is 27.5 Å². The van der Waals surface area contributed by atoms with Crippen LogP contribution >= 0.6 is 11.6 Å². The average Bonchev–Trinajstić information content (AvgIpc) is 2.79. The first-order valence-corrected chi connectivity index (χ1v) is 7.66. The van der Waals surface area contributed by atoms with Crippen molar-refractivity contribution >= 4 is 21.6 Å². The molecule has 1 aliphatic rings. The van der Waals surface area contributed by atoms with E-state index in [1.807, 2.05) is 0 Å². The van der Waals surface area contributed by atoms with E-state index in [9.17, 15) is 21.6 Å². The molecule has 4 nitrogen and oxygen atoms in total. The number of benzene rings is 1. The maximum Gasteiger partial charge on any atom is 0.417 e. The van der Waals surface area contributed by atoms with Crippen molar-refractivity contribution in [2.45, 2.75) is 23.5 Å². The lowest BCUT2D eigenvalue weighted by Gasteiger charge is -2.17. The molecule has 0 aliphatic carbocycles.